The molecule has 2 aliphatic heterocycles. The Morgan fingerprint density at radius 2 is 1.62 bits per heavy atom. The van der Waals surface area contributed by atoms with Crippen LogP contribution in [0.4, 0.5) is 10.5 Å². The number of benzene rings is 1. The Kier molecular flexibility index (Phi) is 17.5. The highest BCUT2D eigenvalue weighted by molar-refractivity contribution is 8.28. The van der Waals surface area contributed by atoms with Crippen molar-refractivity contribution in [3.05, 3.63) is 53.4 Å². The number of aliphatic hydroxyl groups is 3. The predicted octanol–water partition coefficient (Wildman–Crippen LogP) is -1.04. The van der Waals surface area contributed by atoms with Gasteiger partial charge in [-0.1, -0.05) is 25.1 Å². The van der Waals surface area contributed by atoms with Crippen LogP contribution in [-0.2, 0) is 67.9 Å². The Morgan fingerprint density at radius 3 is 2.22 bits per heavy atom. The second-order valence-electron chi connectivity index (χ2n) is 15.5. The van der Waals surface area contributed by atoms with Crippen LogP contribution in [0, 0.1) is 5.92 Å². The highest BCUT2D eigenvalue weighted by atomic mass is 32.2. The van der Waals surface area contributed by atoms with Crippen molar-refractivity contribution in [3.8, 4) is 0 Å². The number of carbonyl (C=O) groups is 7. The Labute approximate surface area is 364 Å². The van der Waals surface area contributed by atoms with Gasteiger partial charge in [0.05, 0.1) is 30.5 Å². The van der Waals surface area contributed by atoms with E-state index in [1.54, 1.807) is 38.5 Å². The van der Waals surface area contributed by atoms with Gasteiger partial charge in [-0.15, -0.1) is 5.10 Å². The van der Waals surface area contributed by atoms with Gasteiger partial charge in [-0.2, -0.15) is 19.3 Å². The van der Waals surface area contributed by atoms with Gasteiger partial charge in [-0.25, -0.2) is 9.59 Å². The number of aryl methyl sites for hydroxylation is 2. The maximum atomic E-state index is 13.6. The minimum absolute atomic E-state index is 0.00855. The number of nitrogens with one attached hydrogen (secondary N) is 3. The van der Waals surface area contributed by atoms with Crippen molar-refractivity contribution >= 4 is 67.5 Å². The number of anilines is 1. The molecule has 0 radical (unpaired) electrons. The molecule has 5 amide bonds. The molecular weight excluding hydrogens is 875 g/mol. The fraction of sp³-hybridized carbons (Fsp3) is 0.553. The monoisotopic (exact) mass is 927 g/mol. The predicted molar refractivity (Wildman–Crippen MR) is 223 cm³/mol. The molecule has 1 saturated heterocycles. The molecule has 23 nitrogen and oxygen atoms in total. The van der Waals surface area contributed by atoms with Gasteiger partial charge >= 0.3 is 11.3 Å². The van der Waals surface area contributed by atoms with Crippen LogP contribution in [0.3, 0.4) is 0 Å². The molecule has 2 aliphatic rings. The van der Waals surface area contributed by atoms with Crippen LogP contribution >= 0.6 is 10.9 Å². The van der Waals surface area contributed by atoms with E-state index >= 15 is 0 Å². The topological polar surface area (TPSA) is 343 Å². The smallest absolute Gasteiger partial charge is 0.346 e. The first-order chi connectivity index (χ1) is 29.5. The summed E-state index contributed by atoms with van der Waals surface area (Å²) in [6, 6.07) is 0.955. The molecule has 63 heavy (non-hydrogen) atoms. The second kappa shape index (κ2) is 21.9. The van der Waals surface area contributed by atoms with E-state index in [4.69, 9.17) is 14.0 Å². The number of hydrogen-bond acceptors (Lipinski definition) is 16. The molecule has 0 spiro atoms. The van der Waals surface area contributed by atoms with E-state index in [2.05, 4.69) is 26.3 Å². The fourth-order valence-electron chi connectivity index (χ4n) is 6.63. The number of ether oxygens (including phenoxy) is 2. The zero-order valence-electron chi connectivity index (χ0n) is 35.0. The summed E-state index contributed by atoms with van der Waals surface area (Å²) in [5.74, 6) is -6.32. The minimum atomic E-state index is -4.24. The van der Waals surface area contributed by atoms with Crippen LogP contribution < -0.4 is 16.0 Å². The third-order valence-electron chi connectivity index (χ3n) is 10.1. The lowest BCUT2D eigenvalue weighted by Crippen LogP contribution is -2.59. The molecule has 8 N–H and O–H groups in total. The molecule has 0 bridgehead atoms. The van der Waals surface area contributed by atoms with Gasteiger partial charge in [0.25, 0.3) is 21.9 Å². The van der Waals surface area contributed by atoms with Crippen LogP contribution in [0.5, 0.6) is 0 Å². The quantitative estimate of drug-likeness (QED) is 0.0331. The number of rotatable bonds is 20. The molecule has 0 unspecified atom stereocenters. The van der Waals surface area contributed by atoms with Crippen molar-refractivity contribution in [1.82, 2.24) is 30.5 Å². The maximum Gasteiger partial charge on any atom is 0.346 e. The van der Waals surface area contributed by atoms with Crippen LogP contribution in [0.1, 0.15) is 62.9 Å². The zero-order valence-corrected chi connectivity index (χ0v) is 36.7. The summed E-state index contributed by atoms with van der Waals surface area (Å²) in [5.41, 5.74) is 1.25. The summed E-state index contributed by atoms with van der Waals surface area (Å²) in [4.78, 5) is 90.5. The number of amides is 5. The largest absolute Gasteiger partial charge is 0.479 e. The first-order valence-corrected chi connectivity index (χ1v) is 23.5. The van der Waals surface area contributed by atoms with E-state index in [1.807, 2.05) is 0 Å². The van der Waals surface area contributed by atoms with E-state index in [9.17, 15) is 62.4 Å². The van der Waals surface area contributed by atoms with Crippen LogP contribution in [-0.4, -0.2) is 155 Å². The lowest BCUT2D eigenvalue weighted by Gasteiger charge is -2.39. The second-order valence-corrected chi connectivity index (χ2v) is 19.3. The van der Waals surface area contributed by atoms with Crippen molar-refractivity contribution in [3.63, 3.8) is 0 Å². The van der Waals surface area contributed by atoms with Crippen molar-refractivity contribution < 1.29 is 76.4 Å². The van der Waals surface area contributed by atoms with Gasteiger partial charge in [0.15, 0.2) is 6.10 Å². The number of carbonyl (C=O) groups excluding carboxylic acids is 6. The van der Waals surface area contributed by atoms with Crippen molar-refractivity contribution in [2.24, 2.45) is 5.92 Å². The average molecular weight is 928 g/mol. The van der Waals surface area contributed by atoms with E-state index < -0.39 is 129 Å². The lowest BCUT2D eigenvalue weighted by molar-refractivity contribution is -0.228. The number of carboxylic acid groups (broad SMARTS) is 1. The number of nitrogens with zero attached hydrogens (tertiary/aromatic N) is 4. The molecule has 2 aromatic rings. The van der Waals surface area contributed by atoms with Gasteiger partial charge in [-0.05, 0) is 67.9 Å². The van der Waals surface area contributed by atoms with Gasteiger partial charge < -0.3 is 45.9 Å². The number of aliphatic carboxylic acids is 1. The third-order valence-corrected chi connectivity index (χ3v) is 11.7. The van der Waals surface area contributed by atoms with Crippen LogP contribution in [0.2, 0.25) is 0 Å². The lowest BCUT2D eigenvalue weighted by atomic mass is 9.91. The number of hydrogen-bond donors (Lipinski definition) is 9. The summed E-state index contributed by atoms with van der Waals surface area (Å²) in [6.07, 6.45) is -2.16. The van der Waals surface area contributed by atoms with Gasteiger partial charge in [-0.3, -0.25) is 38.1 Å². The van der Waals surface area contributed by atoms with Crippen molar-refractivity contribution in [2.45, 2.75) is 108 Å². The summed E-state index contributed by atoms with van der Waals surface area (Å²) in [6.45, 7) is 4.49. The summed E-state index contributed by atoms with van der Waals surface area (Å²) >= 11 is 0. The fourth-order valence-corrected chi connectivity index (χ4v) is 7.45. The highest BCUT2D eigenvalue weighted by Crippen LogP contribution is 2.29. The van der Waals surface area contributed by atoms with Crippen molar-refractivity contribution in [1.29, 1.82) is 0 Å². The summed E-state index contributed by atoms with van der Waals surface area (Å²) in [7, 11) is -5.32. The van der Waals surface area contributed by atoms with Gasteiger partial charge in [0.1, 0.15) is 42.7 Å². The highest BCUT2D eigenvalue weighted by Gasteiger charge is 2.46. The SMILES string of the molecule is CC(C)[C@H](NC(=O)C[C@@H](c1cn(CCCS(=O)(=O)O)nn1)N1C(=O)C=CC1=O)C(=O)N[C@@H](C)C(=O)Nc1ccc(COC(=O)[SH](C)C)c(CC[C@@H]2O[C@H](C(=O)O)[C@@H](O)[C@H](O)[C@H]2O)c1. The summed E-state index contributed by atoms with van der Waals surface area (Å²) < 4.78 is 43.3. The van der Waals surface area contributed by atoms with Crippen molar-refractivity contribution in [2.75, 3.05) is 23.6 Å². The molecule has 1 aromatic carbocycles. The normalized spacial score (nSPS) is 21.7. The number of carboxylic acids is 1. The average Bonchev–Trinajstić information content (AvgIpc) is 3.81. The van der Waals surface area contributed by atoms with E-state index in [1.165, 1.54) is 23.9 Å². The van der Waals surface area contributed by atoms with E-state index in [0.717, 1.165) is 17.1 Å². The molecule has 0 aliphatic carbocycles. The van der Waals surface area contributed by atoms with Gasteiger partial charge in [0, 0.05) is 24.4 Å². The molecule has 1 fully saturated rings. The maximum absolute atomic E-state index is 13.6. The molecule has 1 aromatic heterocycles. The van der Waals surface area contributed by atoms with Crippen LogP contribution in [0.25, 0.3) is 0 Å². The zero-order chi connectivity index (χ0) is 46.9. The standard InChI is InChI=1S/C38H53N7O16S2/c1-19(2)30(41-27(46)16-25(45-28(47)11-12-29(45)48)24-17-44(43-42-24)13-6-14-63(57,58)59)36(53)39-20(3)35(52)40-23-9-7-22(18-60-38(56)62(4)5)21(15-23)8-10-26-31(49)32(50)33(51)34(61-26)37(54)55/h7,9,11-12,15,17,19-20,25-26,30-34,49-51,62H,6,8,10,13-14,16,18H2,1-5H3,(H,39,53)(H,40,52)(H,41,46)(H,54,55)(H,57,58,59)/t20-,25-,26-,30-,31-,32+,33-,34-/m0/s1. The first-order valence-electron chi connectivity index (χ1n) is 19.7. The number of aromatic nitrogens is 3. The molecule has 25 heteroatoms. The van der Waals surface area contributed by atoms with Crippen LogP contribution in [0.15, 0.2) is 36.5 Å². The number of thiol groups is 1. The summed E-state index contributed by atoms with van der Waals surface area (Å²) in [5, 5.41) is 55.6. The van der Waals surface area contributed by atoms with E-state index in [-0.39, 0.29) is 43.8 Å². The van der Waals surface area contributed by atoms with E-state index in [0.29, 0.717) is 11.1 Å². The molecule has 0 saturated carbocycles. The molecular formula is C38H53N7O16S2. The Balaban J connectivity index is 1.44. The number of imide groups is 1. The number of aliphatic hydroxyl groups excluding tert-OH is 3. The van der Waals surface area contributed by atoms with Gasteiger partial charge in [0.2, 0.25) is 17.7 Å². The Morgan fingerprint density at radius 1 is 0.952 bits per heavy atom. The first kappa shape index (κ1) is 50.3. The molecule has 348 valence electrons. The molecule has 8 atom stereocenters. The molecule has 4 rings (SSSR count). The Hall–Kier alpha value is -5.31. The molecule has 3 heterocycles. The Bertz CT molecular complexity index is 2160. The third kappa shape index (κ3) is 13.8. The minimum Gasteiger partial charge on any atom is -0.479 e.